The Kier molecular flexibility index (Phi) is 7.28. The molecule has 0 spiro atoms. The number of aromatic nitrogens is 3. The van der Waals surface area contributed by atoms with Crippen molar-refractivity contribution in [2.24, 2.45) is 5.10 Å². The van der Waals surface area contributed by atoms with Crippen molar-refractivity contribution < 1.29 is 9.53 Å². The number of rotatable bonds is 9. The van der Waals surface area contributed by atoms with E-state index in [2.05, 4.69) is 20.7 Å². The average molecular weight is 444 g/mol. The van der Waals surface area contributed by atoms with E-state index < -0.39 is 0 Å². The fourth-order valence-corrected chi connectivity index (χ4v) is 3.63. The first-order valence-corrected chi connectivity index (χ1v) is 11.0. The molecule has 0 bridgehead atoms. The lowest BCUT2D eigenvalue weighted by molar-refractivity contribution is -0.118. The summed E-state index contributed by atoms with van der Waals surface area (Å²) in [5.41, 5.74) is 4.35. The van der Waals surface area contributed by atoms with Gasteiger partial charge in [-0.2, -0.15) is 5.10 Å². The van der Waals surface area contributed by atoms with Gasteiger partial charge in [-0.15, -0.1) is 10.2 Å². The average Bonchev–Trinajstić information content (AvgIpc) is 3.26. The fraction of sp³-hybridized carbons (Fsp3) is 0.0833. The molecule has 3 aromatic carbocycles. The van der Waals surface area contributed by atoms with Crippen LogP contribution in [0.15, 0.2) is 101 Å². The Hall–Kier alpha value is -3.91. The maximum absolute atomic E-state index is 12.2. The Morgan fingerprint density at radius 2 is 1.59 bits per heavy atom. The molecular formula is C24H21N5O2S. The lowest BCUT2D eigenvalue weighted by atomic mass is 10.2. The second kappa shape index (κ2) is 10.9. The molecule has 32 heavy (non-hydrogen) atoms. The van der Waals surface area contributed by atoms with Gasteiger partial charge in [-0.3, -0.25) is 9.36 Å². The third-order valence-corrected chi connectivity index (χ3v) is 5.29. The number of hydrazone groups is 1. The second-order valence-electron chi connectivity index (χ2n) is 6.66. The van der Waals surface area contributed by atoms with E-state index >= 15 is 0 Å². The normalized spacial score (nSPS) is 10.9. The zero-order chi connectivity index (χ0) is 22.0. The molecule has 0 unspecified atom stereocenters. The molecular weight excluding hydrogens is 422 g/mol. The smallest absolute Gasteiger partial charge is 0.250 e. The second-order valence-corrected chi connectivity index (χ2v) is 7.61. The summed E-state index contributed by atoms with van der Waals surface area (Å²) >= 11 is 1.29. The number of ether oxygens (including phenoxy) is 1. The molecule has 8 heteroatoms. The van der Waals surface area contributed by atoms with Crippen LogP contribution in [0.4, 0.5) is 0 Å². The predicted octanol–water partition coefficient (Wildman–Crippen LogP) is 4.09. The van der Waals surface area contributed by atoms with Crippen LogP contribution in [0.1, 0.15) is 11.4 Å². The highest BCUT2D eigenvalue weighted by Gasteiger charge is 2.16. The van der Waals surface area contributed by atoms with Crippen molar-refractivity contribution in [2.75, 3.05) is 5.75 Å². The Bertz CT molecular complexity index is 1160. The quantitative estimate of drug-likeness (QED) is 0.239. The summed E-state index contributed by atoms with van der Waals surface area (Å²) in [7, 11) is 0. The van der Waals surface area contributed by atoms with Crippen LogP contribution in [0.25, 0.3) is 5.69 Å². The van der Waals surface area contributed by atoms with E-state index in [0.717, 1.165) is 17.0 Å². The molecule has 0 aliphatic carbocycles. The SMILES string of the molecule is O=C(CSc1nnc(COc2ccccc2)n1-c1ccccc1)N/N=C/c1ccccc1. The minimum absolute atomic E-state index is 0.149. The number of carbonyl (C=O) groups excluding carboxylic acids is 1. The van der Waals surface area contributed by atoms with E-state index in [0.29, 0.717) is 11.0 Å². The van der Waals surface area contributed by atoms with Crippen molar-refractivity contribution >= 4 is 23.9 Å². The van der Waals surface area contributed by atoms with Crippen molar-refractivity contribution in [2.45, 2.75) is 11.8 Å². The highest BCUT2D eigenvalue weighted by molar-refractivity contribution is 7.99. The predicted molar refractivity (Wildman–Crippen MR) is 125 cm³/mol. The number of benzene rings is 3. The number of thioether (sulfide) groups is 1. The minimum Gasteiger partial charge on any atom is -0.486 e. The van der Waals surface area contributed by atoms with Crippen LogP contribution < -0.4 is 10.2 Å². The maximum atomic E-state index is 12.2. The summed E-state index contributed by atoms with van der Waals surface area (Å²) in [4.78, 5) is 12.2. The van der Waals surface area contributed by atoms with Crippen LogP contribution in [0.5, 0.6) is 5.75 Å². The molecule has 0 fully saturated rings. The van der Waals surface area contributed by atoms with Gasteiger partial charge in [0.15, 0.2) is 11.0 Å². The summed E-state index contributed by atoms with van der Waals surface area (Å²) in [5.74, 6) is 1.31. The first-order chi connectivity index (χ1) is 15.8. The van der Waals surface area contributed by atoms with E-state index in [1.165, 1.54) is 11.8 Å². The third kappa shape index (κ3) is 5.83. The summed E-state index contributed by atoms with van der Waals surface area (Å²) in [5, 5.41) is 13.2. The molecule has 1 heterocycles. The highest BCUT2D eigenvalue weighted by Crippen LogP contribution is 2.23. The zero-order valence-corrected chi connectivity index (χ0v) is 18.0. The van der Waals surface area contributed by atoms with E-state index in [1.807, 2.05) is 95.6 Å². The molecule has 0 aliphatic heterocycles. The Morgan fingerprint density at radius 1 is 0.938 bits per heavy atom. The molecule has 7 nitrogen and oxygen atoms in total. The van der Waals surface area contributed by atoms with Gasteiger partial charge in [-0.05, 0) is 29.8 Å². The van der Waals surface area contributed by atoms with Crippen molar-refractivity contribution in [1.29, 1.82) is 0 Å². The van der Waals surface area contributed by atoms with Gasteiger partial charge >= 0.3 is 0 Å². The standard InChI is InChI=1S/C24H21N5O2S/c30-23(27-25-16-19-10-4-1-5-11-19)18-32-24-28-26-22(17-31-21-14-8-3-9-15-21)29(24)20-12-6-2-7-13-20/h1-16H,17-18H2,(H,27,30)/b25-16+. The Morgan fingerprint density at radius 3 is 2.31 bits per heavy atom. The van der Waals surface area contributed by atoms with Crippen molar-refractivity contribution in [1.82, 2.24) is 20.2 Å². The number of hydrogen-bond donors (Lipinski definition) is 1. The van der Waals surface area contributed by atoms with E-state index in [-0.39, 0.29) is 18.3 Å². The Balaban J connectivity index is 1.43. The maximum Gasteiger partial charge on any atom is 0.250 e. The first-order valence-electron chi connectivity index (χ1n) is 9.97. The Labute approximate surface area is 190 Å². The highest BCUT2D eigenvalue weighted by atomic mass is 32.2. The lowest BCUT2D eigenvalue weighted by Gasteiger charge is -2.11. The van der Waals surface area contributed by atoms with Crippen LogP contribution in [0.2, 0.25) is 0 Å². The molecule has 4 rings (SSSR count). The van der Waals surface area contributed by atoms with Crippen LogP contribution >= 0.6 is 11.8 Å². The number of nitrogens with zero attached hydrogens (tertiary/aromatic N) is 4. The number of hydrogen-bond acceptors (Lipinski definition) is 6. The van der Waals surface area contributed by atoms with Crippen molar-refractivity contribution in [3.05, 3.63) is 102 Å². The lowest BCUT2D eigenvalue weighted by Crippen LogP contribution is -2.20. The van der Waals surface area contributed by atoms with E-state index in [1.54, 1.807) is 6.21 Å². The number of carbonyl (C=O) groups is 1. The van der Waals surface area contributed by atoms with Gasteiger partial charge in [0.2, 0.25) is 0 Å². The molecule has 160 valence electrons. The van der Waals surface area contributed by atoms with Crippen molar-refractivity contribution in [3.63, 3.8) is 0 Å². The molecule has 0 radical (unpaired) electrons. The fourth-order valence-electron chi connectivity index (χ4n) is 2.87. The first kappa shape index (κ1) is 21.3. The largest absolute Gasteiger partial charge is 0.486 e. The molecule has 4 aromatic rings. The van der Waals surface area contributed by atoms with E-state index in [4.69, 9.17) is 4.74 Å². The van der Waals surface area contributed by atoms with E-state index in [9.17, 15) is 4.79 Å². The number of amides is 1. The van der Waals surface area contributed by atoms with Gasteiger partial charge in [0.05, 0.1) is 12.0 Å². The molecule has 0 saturated heterocycles. The summed E-state index contributed by atoms with van der Waals surface area (Å²) in [6.07, 6.45) is 1.61. The van der Waals surface area contributed by atoms with Gasteiger partial charge < -0.3 is 4.74 Å². The summed E-state index contributed by atoms with van der Waals surface area (Å²) < 4.78 is 7.75. The van der Waals surface area contributed by atoms with Crippen molar-refractivity contribution in [3.8, 4) is 11.4 Å². The van der Waals surface area contributed by atoms with Gasteiger partial charge in [0.1, 0.15) is 12.4 Å². The zero-order valence-electron chi connectivity index (χ0n) is 17.2. The van der Waals surface area contributed by atoms with Crippen LogP contribution in [-0.4, -0.2) is 32.6 Å². The monoisotopic (exact) mass is 443 g/mol. The number of para-hydroxylation sites is 2. The number of nitrogens with one attached hydrogen (secondary N) is 1. The summed E-state index contributed by atoms with van der Waals surface area (Å²) in [6.45, 7) is 0.250. The molecule has 1 amide bonds. The molecule has 0 atom stereocenters. The molecule has 0 aliphatic rings. The van der Waals surface area contributed by atoms with Crippen LogP contribution in [0.3, 0.4) is 0 Å². The van der Waals surface area contributed by atoms with Crippen LogP contribution in [0, 0.1) is 0 Å². The van der Waals surface area contributed by atoms with Gasteiger partial charge in [-0.1, -0.05) is 78.5 Å². The van der Waals surface area contributed by atoms with Gasteiger partial charge in [0.25, 0.3) is 5.91 Å². The van der Waals surface area contributed by atoms with Gasteiger partial charge in [-0.25, -0.2) is 5.43 Å². The topological polar surface area (TPSA) is 81.4 Å². The summed E-state index contributed by atoms with van der Waals surface area (Å²) in [6, 6.07) is 28.9. The third-order valence-electron chi connectivity index (χ3n) is 4.36. The molecule has 1 aromatic heterocycles. The molecule has 0 saturated carbocycles. The van der Waals surface area contributed by atoms with Gasteiger partial charge in [0, 0.05) is 5.69 Å². The van der Waals surface area contributed by atoms with Crippen LogP contribution in [-0.2, 0) is 11.4 Å². The minimum atomic E-state index is -0.230. The molecule has 1 N–H and O–H groups in total.